The average molecular weight is 716 g/mol. The third kappa shape index (κ3) is 4.90. The molecule has 0 unspecified atom stereocenters. The van der Waals surface area contributed by atoms with Crippen LogP contribution < -0.4 is 4.90 Å². The molecule has 0 saturated heterocycles. The molecule has 55 heavy (non-hydrogen) atoms. The summed E-state index contributed by atoms with van der Waals surface area (Å²) < 4.78 is 0. The summed E-state index contributed by atoms with van der Waals surface area (Å²) in [6, 6.07) is 53.6. The number of hydrogen-bond donors (Lipinski definition) is 0. The molecule has 0 aromatic heterocycles. The fourth-order valence-electron chi connectivity index (χ4n) is 13.0. The lowest BCUT2D eigenvalue weighted by Gasteiger charge is -2.61. The third-order valence-electron chi connectivity index (χ3n) is 15.3. The molecule has 6 aliphatic carbocycles. The van der Waals surface area contributed by atoms with Crippen molar-refractivity contribution in [2.45, 2.75) is 88.9 Å². The quantitative estimate of drug-likeness (QED) is 0.172. The molecular formula is C54H53N. The maximum atomic E-state index is 2.69. The molecule has 0 atom stereocenters. The Bertz CT molecular complexity index is 2400. The van der Waals surface area contributed by atoms with Gasteiger partial charge in [-0.15, -0.1) is 0 Å². The van der Waals surface area contributed by atoms with E-state index in [-0.39, 0.29) is 16.2 Å². The van der Waals surface area contributed by atoms with Crippen LogP contribution in [0.2, 0.25) is 0 Å². The number of benzene rings is 6. The van der Waals surface area contributed by atoms with E-state index in [1.807, 2.05) is 0 Å². The van der Waals surface area contributed by atoms with Crippen LogP contribution in [0.4, 0.5) is 17.1 Å². The summed E-state index contributed by atoms with van der Waals surface area (Å²) in [5.41, 5.74) is 18.6. The van der Waals surface area contributed by atoms with Gasteiger partial charge in [-0.25, -0.2) is 0 Å². The van der Waals surface area contributed by atoms with Gasteiger partial charge in [-0.2, -0.15) is 0 Å². The Labute approximate surface area is 328 Å². The Morgan fingerprint density at radius 1 is 0.436 bits per heavy atom. The van der Waals surface area contributed by atoms with Crippen molar-refractivity contribution in [2.75, 3.05) is 4.90 Å². The van der Waals surface area contributed by atoms with Gasteiger partial charge in [0.2, 0.25) is 0 Å². The molecule has 12 rings (SSSR count). The summed E-state index contributed by atoms with van der Waals surface area (Å²) in [7, 11) is 0. The van der Waals surface area contributed by atoms with Crippen molar-refractivity contribution in [3.8, 4) is 33.4 Å². The summed E-state index contributed by atoms with van der Waals surface area (Å²) >= 11 is 0. The second kappa shape index (κ2) is 12.1. The van der Waals surface area contributed by atoms with E-state index in [2.05, 4.69) is 172 Å². The highest BCUT2D eigenvalue weighted by Crippen LogP contribution is 2.71. The zero-order valence-corrected chi connectivity index (χ0v) is 33.0. The maximum absolute atomic E-state index is 2.69. The van der Waals surface area contributed by atoms with E-state index in [4.69, 9.17) is 0 Å². The molecular weight excluding hydrogens is 663 g/mol. The number of nitrogens with zero attached hydrogens (tertiary/aromatic N) is 1. The van der Waals surface area contributed by atoms with Crippen LogP contribution in [-0.4, -0.2) is 0 Å². The highest BCUT2D eigenvalue weighted by molar-refractivity contribution is 5.92. The van der Waals surface area contributed by atoms with Gasteiger partial charge in [0, 0.05) is 16.8 Å². The van der Waals surface area contributed by atoms with Crippen LogP contribution in [0.25, 0.3) is 33.4 Å². The van der Waals surface area contributed by atoms with Crippen molar-refractivity contribution < 1.29 is 0 Å². The molecule has 1 spiro atoms. The van der Waals surface area contributed by atoms with E-state index in [0.29, 0.717) is 11.8 Å². The average Bonchev–Trinajstić information content (AvgIpc) is 3.50. The van der Waals surface area contributed by atoms with Crippen LogP contribution in [0.5, 0.6) is 0 Å². The highest BCUT2D eigenvalue weighted by atomic mass is 15.1. The van der Waals surface area contributed by atoms with Gasteiger partial charge in [-0.05, 0) is 165 Å². The molecule has 6 aliphatic rings. The normalized spacial score (nSPS) is 26.0. The summed E-state index contributed by atoms with van der Waals surface area (Å²) in [5, 5.41) is 0. The SMILES string of the molecule is CC1(C)CCC(C)(C)c2c(N(c3ccc(-c4ccccc4)cc3)c3ccc4c(c3)C3(c5c(-c6ccccc6)cccc5-4)C4CC5CC(C4)CC3C5)cccc21. The molecule has 0 N–H and O–H groups in total. The first-order chi connectivity index (χ1) is 26.7. The minimum absolute atomic E-state index is 0.0424. The molecule has 6 aromatic rings. The monoisotopic (exact) mass is 715 g/mol. The molecule has 0 amide bonds. The van der Waals surface area contributed by atoms with Crippen molar-refractivity contribution >= 4 is 17.1 Å². The van der Waals surface area contributed by atoms with E-state index < -0.39 is 0 Å². The van der Waals surface area contributed by atoms with E-state index in [9.17, 15) is 0 Å². The zero-order valence-electron chi connectivity index (χ0n) is 33.0. The standard InChI is InChI=1S/C54H53N/c1-52(2)27-28-53(3,4)51-47(52)19-12-20-49(51)55(42-23-21-38(22-24-42)37-13-7-5-8-14-37)43-25-26-45-46-18-11-17-44(39-15-9-6-10-16-39)50(46)54(48(45)34-43)40-30-35-29-36(32-40)33-41(54)31-35/h5-26,34-36,40-41H,27-33H2,1-4H3. The van der Waals surface area contributed by atoms with E-state index in [1.165, 1.54) is 107 Å². The molecule has 0 aliphatic heterocycles. The van der Waals surface area contributed by atoms with E-state index >= 15 is 0 Å². The molecule has 274 valence electrons. The molecule has 0 heterocycles. The molecule has 1 nitrogen and oxygen atoms in total. The van der Waals surface area contributed by atoms with Gasteiger partial charge in [0.1, 0.15) is 0 Å². The number of anilines is 3. The van der Waals surface area contributed by atoms with Crippen LogP contribution >= 0.6 is 0 Å². The first-order valence-corrected chi connectivity index (χ1v) is 21.2. The smallest absolute Gasteiger partial charge is 0.0502 e. The van der Waals surface area contributed by atoms with Crippen molar-refractivity contribution in [3.05, 3.63) is 162 Å². The van der Waals surface area contributed by atoms with Crippen molar-refractivity contribution in [3.63, 3.8) is 0 Å². The van der Waals surface area contributed by atoms with Crippen LogP contribution in [-0.2, 0) is 16.2 Å². The summed E-state index contributed by atoms with van der Waals surface area (Å²) in [6.45, 7) is 9.87. The Balaban J connectivity index is 1.15. The number of fused-ring (bicyclic) bond motifs is 4. The van der Waals surface area contributed by atoms with Gasteiger partial charge >= 0.3 is 0 Å². The Kier molecular flexibility index (Phi) is 7.34. The molecule has 4 fully saturated rings. The third-order valence-corrected chi connectivity index (χ3v) is 15.3. The predicted octanol–water partition coefficient (Wildman–Crippen LogP) is 14.6. The van der Waals surface area contributed by atoms with Crippen molar-refractivity contribution in [2.24, 2.45) is 23.7 Å². The Morgan fingerprint density at radius 2 is 1.02 bits per heavy atom. The van der Waals surface area contributed by atoms with Gasteiger partial charge in [0.15, 0.2) is 0 Å². The second-order valence-corrected chi connectivity index (χ2v) is 19.2. The van der Waals surface area contributed by atoms with Gasteiger partial charge in [-0.1, -0.05) is 137 Å². The first-order valence-electron chi connectivity index (χ1n) is 21.2. The van der Waals surface area contributed by atoms with Crippen LogP contribution in [0, 0.1) is 23.7 Å². The largest absolute Gasteiger partial charge is 0.310 e. The fourth-order valence-corrected chi connectivity index (χ4v) is 13.0. The predicted molar refractivity (Wildman–Crippen MR) is 231 cm³/mol. The lowest BCUT2D eigenvalue weighted by Crippen LogP contribution is -2.55. The van der Waals surface area contributed by atoms with Crippen LogP contribution in [0.3, 0.4) is 0 Å². The first kappa shape index (κ1) is 33.5. The van der Waals surface area contributed by atoms with E-state index in [0.717, 1.165) is 11.8 Å². The van der Waals surface area contributed by atoms with Crippen molar-refractivity contribution in [1.29, 1.82) is 0 Å². The highest BCUT2D eigenvalue weighted by Gasteiger charge is 2.62. The topological polar surface area (TPSA) is 3.24 Å². The Morgan fingerprint density at radius 3 is 1.71 bits per heavy atom. The minimum atomic E-state index is 0.0424. The molecule has 0 radical (unpaired) electrons. The summed E-state index contributed by atoms with van der Waals surface area (Å²) in [6.07, 6.45) is 9.34. The fraction of sp³-hybridized carbons (Fsp3) is 0.333. The Hall–Kier alpha value is -4.88. The van der Waals surface area contributed by atoms with Gasteiger partial charge in [0.25, 0.3) is 0 Å². The number of rotatable bonds is 5. The van der Waals surface area contributed by atoms with E-state index in [1.54, 1.807) is 11.1 Å². The molecule has 4 bridgehead atoms. The summed E-state index contributed by atoms with van der Waals surface area (Å²) in [5.74, 6) is 3.17. The molecule has 4 saturated carbocycles. The van der Waals surface area contributed by atoms with Crippen LogP contribution in [0.1, 0.15) is 94.9 Å². The van der Waals surface area contributed by atoms with Crippen LogP contribution in [0.15, 0.2) is 140 Å². The second-order valence-electron chi connectivity index (χ2n) is 19.2. The van der Waals surface area contributed by atoms with Gasteiger partial charge < -0.3 is 4.90 Å². The zero-order chi connectivity index (χ0) is 37.1. The number of hydrogen-bond acceptors (Lipinski definition) is 1. The lowest BCUT2D eigenvalue weighted by molar-refractivity contribution is -0.0397. The molecule has 6 aromatic carbocycles. The van der Waals surface area contributed by atoms with Gasteiger partial charge in [0.05, 0.1) is 5.69 Å². The van der Waals surface area contributed by atoms with Gasteiger partial charge in [-0.3, -0.25) is 0 Å². The maximum Gasteiger partial charge on any atom is 0.0502 e. The lowest BCUT2D eigenvalue weighted by atomic mass is 9.42. The minimum Gasteiger partial charge on any atom is -0.310 e. The summed E-state index contributed by atoms with van der Waals surface area (Å²) in [4.78, 5) is 2.64. The molecule has 1 heteroatoms. The van der Waals surface area contributed by atoms with Crippen molar-refractivity contribution in [1.82, 2.24) is 0 Å².